The van der Waals surface area contributed by atoms with Gasteiger partial charge in [0.2, 0.25) is 0 Å². The second kappa shape index (κ2) is 6.72. The lowest BCUT2D eigenvalue weighted by molar-refractivity contribution is -0.121. The summed E-state index contributed by atoms with van der Waals surface area (Å²) in [7, 11) is -4.14. The summed E-state index contributed by atoms with van der Waals surface area (Å²) in [4.78, 5) is 14.2. The van der Waals surface area contributed by atoms with Crippen LogP contribution in [0.25, 0.3) is 5.57 Å². The van der Waals surface area contributed by atoms with E-state index in [-0.39, 0.29) is 12.5 Å². The van der Waals surface area contributed by atoms with Crippen LogP contribution in [0.5, 0.6) is 0 Å². The van der Waals surface area contributed by atoms with Crippen LogP contribution in [0.4, 0.5) is 0 Å². The van der Waals surface area contributed by atoms with Crippen LogP contribution in [0.3, 0.4) is 0 Å². The van der Waals surface area contributed by atoms with Crippen LogP contribution in [-0.4, -0.2) is 40.4 Å². The number of allylic oxidation sites excluding steroid dienone is 1. The molecule has 1 aromatic carbocycles. The lowest BCUT2D eigenvalue weighted by Gasteiger charge is -2.13. The molecule has 0 atom stereocenters. The van der Waals surface area contributed by atoms with Crippen molar-refractivity contribution in [3.63, 3.8) is 0 Å². The molecule has 1 aromatic rings. The van der Waals surface area contributed by atoms with Crippen LogP contribution in [0, 0.1) is 13.8 Å². The molecular formula is C15H17NO4S3. The van der Waals surface area contributed by atoms with Gasteiger partial charge in [-0.3, -0.25) is 14.2 Å². The van der Waals surface area contributed by atoms with E-state index >= 15 is 0 Å². The summed E-state index contributed by atoms with van der Waals surface area (Å²) in [5, 5.41) is 0. The first-order valence-electron chi connectivity index (χ1n) is 6.87. The van der Waals surface area contributed by atoms with E-state index in [4.69, 9.17) is 16.8 Å². The third-order valence-corrected chi connectivity index (χ3v) is 5.95. The van der Waals surface area contributed by atoms with Crippen LogP contribution < -0.4 is 0 Å². The molecule has 0 aliphatic carbocycles. The lowest BCUT2D eigenvalue weighted by atomic mass is 10.0. The number of rotatable bonds is 4. The molecule has 1 saturated heterocycles. The zero-order valence-electron chi connectivity index (χ0n) is 13.0. The highest BCUT2D eigenvalue weighted by atomic mass is 32.2. The number of hydrogen-bond acceptors (Lipinski definition) is 5. The number of benzene rings is 1. The van der Waals surface area contributed by atoms with Gasteiger partial charge in [0.05, 0.1) is 10.7 Å². The normalized spacial score (nSPS) is 17.8. The van der Waals surface area contributed by atoms with E-state index < -0.39 is 15.9 Å². The van der Waals surface area contributed by atoms with Crippen LogP contribution in [-0.2, 0) is 14.9 Å². The summed E-state index contributed by atoms with van der Waals surface area (Å²) < 4.78 is 30.9. The number of amides is 1. The van der Waals surface area contributed by atoms with Gasteiger partial charge < -0.3 is 0 Å². The van der Waals surface area contributed by atoms with Crippen molar-refractivity contribution in [2.45, 2.75) is 20.8 Å². The highest BCUT2D eigenvalue weighted by Crippen LogP contribution is 2.36. The fraction of sp³-hybridized carbons (Fsp3) is 0.333. The molecule has 5 nitrogen and oxygen atoms in total. The number of thiocarbonyl (C=S) groups is 1. The number of nitrogens with zero attached hydrogens (tertiary/aromatic N) is 1. The van der Waals surface area contributed by atoms with Crippen molar-refractivity contribution in [2.24, 2.45) is 0 Å². The van der Waals surface area contributed by atoms with E-state index in [0.29, 0.717) is 9.23 Å². The monoisotopic (exact) mass is 371 g/mol. The van der Waals surface area contributed by atoms with Gasteiger partial charge in [0.15, 0.2) is 0 Å². The summed E-state index contributed by atoms with van der Waals surface area (Å²) in [5.74, 6) is -0.852. The minimum atomic E-state index is -4.14. The third-order valence-electron chi connectivity index (χ3n) is 3.70. The molecule has 1 aliphatic heterocycles. The zero-order valence-corrected chi connectivity index (χ0v) is 15.4. The van der Waals surface area contributed by atoms with Gasteiger partial charge in [0.25, 0.3) is 16.0 Å². The Balaban J connectivity index is 2.31. The molecule has 1 N–H and O–H groups in total. The van der Waals surface area contributed by atoms with E-state index in [1.807, 2.05) is 39.0 Å². The quantitative estimate of drug-likeness (QED) is 0.498. The van der Waals surface area contributed by atoms with Crippen LogP contribution in [0.1, 0.15) is 23.6 Å². The van der Waals surface area contributed by atoms with Gasteiger partial charge in [0.1, 0.15) is 4.32 Å². The first kappa shape index (κ1) is 18.1. The second-order valence-electron chi connectivity index (χ2n) is 5.36. The molecule has 1 amide bonds. The van der Waals surface area contributed by atoms with Crippen LogP contribution in [0.15, 0.2) is 23.1 Å². The van der Waals surface area contributed by atoms with E-state index in [1.54, 1.807) is 0 Å². The minimum absolute atomic E-state index is 0.146. The molecule has 1 fully saturated rings. The maximum atomic E-state index is 12.5. The molecule has 1 heterocycles. The van der Waals surface area contributed by atoms with Crippen LogP contribution >= 0.6 is 24.0 Å². The van der Waals surface area contributed by atoms with Crippen molar-refractivity contribution < 1.29 is 17.8 Å². The van der Waals surface area contributed by atoms with Crippen LogP contribution in [0.2, 0.25) is 0 Å². The van der Waals surface area contributed by atoms with Gasteiger partial charge in [-0.15, -0.1) is 0 Å². The molecule has 0 bridgehead atoms. The van der Waals surface area contributed by atoms with Crippen molar-refractivity contribution in [3.05, 3.63) is 39.8 Å². The Morgan fingerprint density at radius 1 is 1.30 bits per heavy atom. The Kier molecular flexibility index (Phi) is 5.30. The lowest BCUT2D eigenvalue weighted by Crippen LogP contribution is -2.32. The molecular weight excluding hydrogens is 354 g/mol. The summed E-state index contributed by atoms with van der Waals surface area (Å²) in [5.41, 5.74) is 4.04. The average molecular weight is 372 g/mol. The van der Waals surface area contributed by atoms with Gasteiger partial charge in [-0.25, -0.2) is 0 Å². The molecule has 0 spiro atoms. The maximum Gasteiger partial charge on any atom is 0.266 e. The van der Waals surface area contributed by atoms with E-state index in [0.717, 1.165) is 28.5 Å². The molecule has 0 saturated carbocycles. The largest absolute Gasteiger partial charge is 0.292 e. The summed E-state index contributed by atoms with van der Waals surface area (Å²) in [6.07, 6.45) is 0. The van der Waals surface area contributed by atoms with Gasteiger partial charge in [-0.2, -0.15) is 8.42 Å². The Hall–Kier alpha value is -1.22. The van der Waals surface area contributed by atoms with Crippen molar-refractivity contribution in [1.82, 2.24) is 4.90 Å². The highest BCUT2D eigenvalue weighted by Gasteiger charge is 2.34. The van der Waals surface area contributed by atoms with Crippen molar-refractivity contribution in [3.8, 4) is 0 Å². The molecule has 8 heteroatoms. The summed E-state index contributed by atoms with van der Waals surface area (Å²) in [6.45, 7) is 5.72. The average Bonchev–Trinajstić information content (AvgIpc) is 2.73. The number of carbonyl (C=O) groups excluding carboxylic acids is 1. The molecule has 23 heavy (non-hydrogen) atoms. The summed E-state index contributed by atoms with van der Waals surface area (Å²) >= 11 is 6.31. The molecule has 0 aromatic heterocycles. The predicted molar refractivity (Wildman–Crippen MR) is 96.8 cm³/mol. The standard InChI is InChI=1S/C15H17NO4S3/c1-9-4-5-12(8-10(9)2)11(3)13-14(17)16(15(21)22-13)6-7-23(18,19)20/h4-5,8H,6-7H2,1-3H3,(H,18,19,20). The van der Waals surface area contributed by atoms with Gasteiger partial charge >= 0.3 is 0 Å². The van der Waals surface area contributed by atoms with Gasteiger partial charge in [-0.05, 0) is 43.0 Å². The second-order valence-corrected chi connectivity index (χ2v) is 8.58. The van der Waals surface area contributed by atoms with E-state index in [2.05, 4.69) is 0 Å². The first-order chi connectivity index (χ1) is 10.6. The van der Waals surface area contributed by atoms with E-state index in [9.17, 15) is 13.2 Å². The Labute approximate surface area is 145 Å². The fourth-order valence-electron chi connectivity index (χ4n) is 2.13. The van der Waals surface area contributed by atoms with E-state index in [1.165, 1.54) is 10.5 Å². The first-order valence-corrected chi connectivity index (χ1v) is 9.71. The SMILES string of the molecule is CC(=C1SC(=S)N(CCS(=O)(=O)O)C1=O)c1ccc(C)c(C)c1. The molecule has 124 valence electrons. The number of aryl methyl sites for hydroxylation is 2. The smallest absolute Gasteiger partial charge is 0.266 e. The maximum absolute atomic E-state index is 12.5. The van der Waals surface area contributed by atoms with Gasteiger partial charge in [-0.1, -0.05) is 42.2 Å². The van der Waals surface area contributed by atoms with Crippen molar-refractivity contribution in [1.29, 1.82) is 0 Å². The van der Waals surface area contributed by atoms with Crippen molar-refractivity contribution >= 4 is 49.9 Å². The molecule has 1 aliphatic rings. The van der Waals surface area contributed by atoms with Crippen molar-refractivity contribution in [2.75, 3.05) is 12.3 Å². The predicted octanol–water partition coefficient (Wildman–Crippen LogP) is 2.78. The Morgan fingerprint density at radius 2 is 1.96 bits per heavy atom. The fourth-order valence-corrected chi connectivity index (χ4v) is 3.90. The van der Waals surface area contributed by atoms with Gasteiger partial charge in [0, 0.05) is 6.54 Å². The topological polar surface area (TPSA) is 74.7 Å². The number of thioether (sulfide) groups is 1. The Morgan fingerprint density at radius 3 is 2.52 bits per heavy atom. The minimum Gasteiger partial charge on any atom is -0.292 e. The number of hydrogen-bond donors (Lipinski definition) is 1. The highest BCUT2D eigenvalue weighted by molar-refractivity contribution is 8.26. The number of carbonyl (C=O) groups is 1. The molecule has 2 rings (SSSR count). The third kappa shape index (κ3) is 4.20. The molecule has 0 unspecified atom stereocenters. The zero-order chi connectivity index (χ0) is 17.4. The Bertz CT molecular complexity index is 812. The molecule has 0 radical (unpaired) electrons. The summed E-state index contributed by atoms with van der Waals surface area (Å²) in [6, 6.07) is 5.95.